The van der Waals surface area contributed by atoms with Crippen molar-refractivity contribution in [3.63, 3.8) is 0 Å². The molecule has 2 rings (SSSR count). The molecule has 0 aliphatic rings. The minimum atomic E-state index is 0.373. The van der Waals surface area contributed by atoms with E-state index in [-0.39, 0.29) is 0 Å². The molecule has 0 heterocycles. The quantitative estimate of drug-likeness (QED) is 0.580. The number of halogens is 1. The fraction of sp³-hybridized carbons (Fsp3) is 0.400. The lowest BCUT2D eigenvalue weighted by Crippen LogP contribution is -2.04. The van der Waals surface area contributed by atoms with E-state index in [4.69, 9.17) is 0 Å². The summed E-state index contributed by atoms with van der Waals surface area (Å²) in [4.78, 5) is 0.373. The van der Waals surface area contributed by atoms with Crippen LogP contribution in [-0.4, -0.2) is 0 Å². The second-order valence-corrected chi connectivity index (χ2v) is 7.37. The normalized spacial score (nSPS) is 12.5. The van der Waals surface area contributed by atoms with Gasteiger partial charge in [0, 0.05) is 4.83 Å². The van der Waals surface area contributed by atoms with Crippen LogP contribution in [0.4, 0.5) is 0 Å². The summed E-state index contributed by atoms with van der Waals surface area (Å²) in [7, 11) is 0. The Morgan fingerprint density at radius 3 is 1.86 bits per heavy atom. The zero-order chi connectivity index (χ0) is 15.7. The third-order valence-electron chi connectivity index (χ3n) is 4.72. The lowest BCUT2D eigenvalue weighted by molar-refractivity contribution is 0.916. The summed E-state index contributed by atoms with van der Waals surface area (Å²) in [6.07, 6.45) is 1.03. The van der Waals surface area contributed by atoms with Gasteiger partial charge in [0.2, 0.25) is 0 Å². The average molecular weight is 345 g/mol. The van der Waals surface area contributed by atoms with Crippen molar-refractivity contribution in [3.8, 4) is 0 Å². The number of alkyl halides is 1. The maximum atomic E-state index is 3.94. The molecule has 0 amide bonds. The molecule has 1 heteroatoms. The van der Waals surface area contributed by atoms with Crippen molar-refractivity contribution in [2.75, 3.05) is 0 Å². The van der Waals surface area contributed by atoms with E-state index < -0.39 is 0 Å². The SMILES string of the molecule is Cc1ccc(CC(Br)c2c(C)c(C)cc(C)c2C)cc1C. The van der Waals surface area contributed by atoms with Crippen molar-refractivity contribution < 1.29 is 0 Å². The first-order valence-electron chi connectivity index (χ1n) is 7.58. The Morgan fingerprint density at radius 1 is 0.762 bits per heavy atom. The number of aryl methyl sites for hydroxylation is 4. The molecule has 0 saturated heterocycles. The van der Waals surface area contributed by atoms with Crippen molar-refractivity contribution in [1.82, 2.24) is 0 Å². The zero-order valence-corrected chi connectivity index (χ0v) is 15.6. The van der Waals surface area contributed by atoms with E-state index in [2.05, 4.69) is 81.7 Å². The van der Waals surface area contributed by atoms with Gasteiger partial charge in [-0.05, 0) is 92.5 Å². The van der Waals surface area contributed by atoms with E-state index in [1.807, 2.05) is 0 Å². The second kappa shape index (κ2) is 6.36. The molecular weight excluding hydrogens is 320 g/mol. The minimum Gasteiger partial charge on any atom is -0.0835 e. The molecular formula is C20H25Br. The van der Waals surface area contributed by atoms with Gasteiger partial charge < -0.3 is 0 Å². The van der Waals surface area contributed by atoms with E-state index in [0.717, 1.165) is 6.42 Å². The van der Waals surface area contributed by atoms with Crippen LogP contribution in [0.3, 0.4) is 0 Å². The summed E-state index contributed by atoms with van der Waals surface area (Å²) in [6, 6.07) is 9.09. The standard InChI is InChI=1S/C20H25Br/c1-12-7-8-18(10-13(12)2)11-19(21)20-16(5)14(3)9-15(4)17(20)6/h7-10,19H,11H2,1-6H3. The molecule has 0 nitrogen and oxygen atoms in total. The predicted octanol–water partition coefficient (Wildman–Crippen LogP) is 6.22. The van der Waals surface area contributed by atoms with E-state index in [0.29, 0.717) is 4.83 Å². The van der Waals surface area contributed by atoms with Crippen LogP contribution in [0.15, 0.2) is 24.3 Å². The zero-order valence-electron chi connectivity index (χ0n) is 14.0. The lowest BCUT2D eigenvalue weighted by Gasteiger charge is -2.20. The van der Waals surface area contributed by atoms with Gasteiger partial charge in [-0.2, -0.15) is 0 Å². The largest absolute Gasteiger partial charge is 0.0835 e. The third-order valence-corrected chi connectivity index (χ3v) is 5.51. The third kappa shape index (κ3) is 3.40. The monoisotopic (exact) mass is 344 g/mol. The van der Waals surface area contributed by atoms with Gasteiger partial charge in [-0.25, -0.2) is 0 Å². The molecule has 0 N–H and O–H groups in total. The number of hydrogen-bond donors (Lipinski definition) is 0. The Morgan fingerprint density at radius 2 is 1.33 bits per heavy atom. The van der Waals surface area contributed by atoms with Gasteiger partial charge >= 0.3 is 0 Å². The number of hydrogen-bond acceptors (Lipinski definition) is 0. The maximum Gasteiger partial charge on any atom is 0.0441 e. The van der Waals surface area contributed by atoms with Crippen LogP contribution in [0, 0.1) is 41.5 Å². The van der Waals surface area contributed by atoms with E-state index in [9.17, 15) is 0 Å². The molecule has 1 atom stereocenters. The Kier molecular flexibility index (Phi) is 4.93. The van der Waals surface area contributed by atoms with Gasteiger partial charge in [0.25, 0.3) is 0 Å². The summed E-state index contributed by atoms with van der Waals surface area (Å²) >= 11 is 3.94. The first kappa shape index (κ1) is 16.3. The molecule has 0 spiro atoms. The van der Waals surface area contributed by atoms with Crippen molar-refractivity contribution in [1.29, 1.82) is 0 Å². The Balaban J connectivity index is 2.36. The molecule has 21 heavy (non-hydrogen) atoms. The first-order chi connectivity index (χ1) is 9.81. The highest BCUT2D eigenvalue weighted by Gasteiger charge is 2.17. The fourth-order valence-electron chi connectivity index (χ4n) is 2.96. The Labute approximate surface area is 137 Å². The number of rotatable bonds is 3. The van der Waals surface area contributed by atoms with Gasteiger partial charge in [0.05, 0.1) is 0 Å². The second-order valence-electron chi connectivity index (χ2n) is 6.26. The van der Waals surface area contributed by atoms with Crippen LogP contribution in [-0.2, 0) is 6.42 Å². The Hall–Kier alpha value is -1.08. The van der Waals surface area contributed by atoms with E-state index >= 15 is 0 Å². The van der Waals surface area contributed by atoms with Gasteiger partial charge in [-0.3, -0.25) is 0 Å². The van der Waals surface area contributed by atoms with Crippen molar-refractivity contribution >= 4 is 15.9 Å². The molecule has 0 fully saturated rings. The van der Waals surface area contributed by atoms with Crippen LogP contribution in [0.2, 0.25) is 0 Å². The minimum absolute atomic E-state index is 0.373. The highest BCUT2D eigenvalue weighted by atomic mass is 79.9. The predicted molar refractivity (Wildman–Crippen MR) is 96.7 cm³/mol. The van der Waals surface area contributed by atoms with Crippen molar-refractivity contribution in [2.45, 2.75) is 52.8 Å². The summed E-state index contributed by atoms with van der Waals surface area (Å²) in [5.41, 5.74) is 11.2. The molecule has 1 unspecified atom stereocenters. The van der Waals surface area contributed by atoms with Crippen LogP contribution in [0.25, 0.3) is 0 Å². The van der Waals surface area contributed by atoms with E-state index in [1.54, 1.807) is 0 Å². The molecule has 0 bridgehead atoms. The molecule has 112 valence electrons. The molecule has 0 aliphatic heterocycles. The van der Waals surface area contributed by atoms with Crippen LogP contribution < -0.4 is 0 Å². The smallest absolute Gasteiger partial charge is 0.0441 e. The van der Waals surface area contributed by atoms with Crippen LogP contribution in [0.1, 0.15) is 49.3 Å². The molecule has 0 aliphatic carbocycles. The first-order valence-corrected chi connectivity index (χ1v) is 8.50. The van der Waals surface area contributed by atoms with Gasteiger partial charge in [-0.1, -0.05) is 40.2 Å². The topological polar surface area (TPSA) is 0 Å². The highest BCUT2D eigenvalue weighted by Crippen LogP contribution is 2.35. The number of benzene rings is 2. The van der Waals surface area contributed by atoms with Crippen molar-refractivity contribution in [2.24, 2.45) is 0 Å². The maximum absolute atomic E-state index is 3.94. The fourth-order valence-corrected chi connectivity index (χ4v) is 4.02. The Bertz CT molecular complexity index is 642. The van der Waals surface area contributed by atoms with Gasteiger partial charge in [0.1, 0.15) is 0 Å². The van der Waals surface area contributed by atoms with Gasteiger partial charge in [0.15, 0.2) is 0 Å². The lowest BCUT2D eigenvalue weighted by atomic mass is 9.90. The average Bonchev–Trinajstić information content (AvgIpc) is 2.41. The van der Waals surface area contributed by atoms with Gasteiger partial charge in [-0.15, -0.1) is 0 Å². The summed E-state index contributed by atoms with van der Waals surface area (Å²) in [6.45, 7) is 13.3. The van der Waals surface area contributed by atoms with E-state index in [1.165, 1.54) is 44.5 Å². The summed E-state index contributed by atoms with van der Waals surface area (Å²) < 4.78 is 0. The summed E-state index contributed by atoms with van der Waals surface area (Å²) in [5, 5.41) is 0. The molecule has 0 aromatic heterocycles. The highest BCUT2D eigenvalue weighted by molar-refractivity contribution is 9.09. The van der Waals surface area contributed by atoms with Crippen LogP contribution in [0.5, 0.6) is 0 Å². The van der Waals surface area contributed by atoms with Crippen molar-refractivity contribution in [3.05, 3.63) is 68.8 Å². The molecule has 0 radical (unpaired) electrons. The molecule has 2 aromatic rings. The summed E-state index contributed by atoms with van der Waals surface area (Å²) in [5.74, 6) is 0. The molecule has 2 aromatic carbocycles. The molecule has 0 saturated carbocycles. The van der Waals surface area contributed by atoms with Crippen LogP contribution >= 0.6 is 15.9 Å².